The van der Waals surface area contributed by atoms with Crippen LogP contribution in [0.15, 0.2) is 24.3 Å². The van der Waals surface area contributed by atoms with Gasteiger partial charge in [-0.05, 0) is 48.3 Å². The van der Waals surface area contributed by atoms with Crippen LogP contribution in [0.1, 0.15) is 66.2 Å². The van der Waals surface area contributed by atoms with E-state index < -0.39 is 0 Å². The smallest absolute Gasteiger partial charge is 0.229 e. The first-order valence-electron chi connectivity index (χ1n) is 9.01. The van der Waals surface area contributed by atoms with Gasteiger partial charge >= 0.3 is 0 Å². The summed E-state index contributed by atoms with van der Waals surface area (Å²) in [5.41, 5.74) is 4.13. The molecule has 3 rings (SSSR count). The minimum absolute atomic E-state index is 0.0507. The zero-order valence-electron chi connectivity index (χ0n) is 14.9. The topological polar surface area (TPSA) is 52.9 Å². The van der Waals surface area contributed by atoms with Gasteiger partial charge in [-0.15, -0.1) is 11.3 Å². The molecule has 1 heterocycles. The molecule has 0 radical (unpaired) electrons. The molecule has 0 aliphatic heterocycles. The molecule has 0 saturated carbocycles. The lowest BCUT2D eigenvalue weighted by atomic mass is 10.0. The van der Waals surface area contributed by atoms with Crippen molar-refractivity contribution in [3.05, 3.63) is 51.4 Å². The van der Waals surface area contributed by atoms with Crippen LogP contribution in [-0.2, 0) is 24.1 Å². The maximum absolute atomic E-state index is 12.4. The Kier molecular flexibility index (Phi) is 5.55. The van der Waals surface area contributed by atoms with Crippen molar-refractivity contribution >= 4 is 22.2 Å². The van der Waals surface area contributed by atoms with Crippen LogP contribution >= 0.6 is 11.3 Å². The van der Waals surface area contributed by atoms with Crippen molar-refractivity contribution in [2.75, 3.05) is 5.32 Å². The van der Waals surface area contributed by atoms with E-state index >= 15 is 0 Å². The van der Waals surface area contributed by atoms with E-state index in [4.69, 9.17) is 0 Å². The highest BCUT2D eigenvalue weighted by atomic mass is 32.1. The van der Waals surface area contributed by atoms with Gasteiger partial charge in [0.15, 0.2) is 0 Å². The number of nitrogens with one attached hydrogen (secondary N) is 1. The lowest BCUT2D eigenvalue weighted by molar-refractivity contribution is -0.115. The van der Waals surface area contributed by atoms with Gasteiger partial charge in [0.1, 0.15) is 11.1 Å². The molecule has 1 amide bonds. The maximum Gasteiger partial charge on any atom is 0.229 e. The van der Waals surface area contributed by atoms with Gasteiger partial charge in [0.05, 0.1) is 12.0 Å². The number of carbonyl (C=O) groups excluding carboxylic acids is 1. The molecule has 3 nitrogen and oxygen atoms in total. The van der Waals surface area contributed by atoms with Crippen molar-refractivity contribution in [2.24, 2.45) is 0 Å². The Balaban J connectivity index is 1.72. The van der Waals surface area contributed by atoms with Crippen LogP contribution in [-0.4, -0.2) is 5.91 Å². The number of aryl methyl sites for hydroxylation is 1. The van der Waals surface area contributed by atoms with E-state index in [9.17, 15) is 10.1 Å². The third kappa shape index (κ3) is 4.11. The molecule has 1 aromatic heterocycles. The van der Waals surface area contributed by atoms with Crippen LogP contribution in [0.3, 0.4) is 0 Å². The third-order valence-corrected chi connectivity index (χ3v) is 6.00. The molecule has 1 aromatic carbocycles. The number of benzene rings is 1. The first-order chi connectivity index (χ1) is 12.1. The van der Waals surface area contributed by atoms with Crippen molar-refractivity contribution in [1.82, 2.24) is 0 Å². The van der Waals surface area contributed by atoms with Crippen LogP contribution in [0.4, 0.5) is 5.00 Å². The van der Waals surface area contributed by atoms with Crippen molar-refractivity contribution in [2.45, 2.75) is 58.3 Å². The van der Waals surface area contributed by atoms with Gasteiger partial charge < -0.3 is 5.32 Å². The summed E-state index contributed by atoms with van der Waals surface area (Å²) in [6.07, 6.45) is 5.86. The monoisotopic (exact) mass is 352 g/mol. The average molecular weight is 353 g/mol. The highest BCUT2D eigenvalue weighted by molar-refractivity contribution is 7.16. The molecule has 0 bridgehead atoms. The quantitative estimate of drug-likeness (QED) is 0.770. The zero-order chi connectivity index (χ0) is 17.8. The van der Waals surface area contributed by atoms with Crippen molar-refractivity contribution < 1.29 is 4.79 Å². The fourth-order valence-electron chi connectivity index (χ4n) is 3.33. The number of thiophene rings is 1. The summed E-state index contributed by atoms with van der Waals surface area (Å²) >= 11 is 1.59. The van der Waals surface area contributed by atoms with Gasteiger partial charge in [0.2, 0.25) is 5.91 Å². The summed E-state index contributed by atoms with van der Waals surface area (Å²) in [5, 5.41) is 13.3. The minimum atomic E-state index is -0.0507. The Hall–Kier alpha value is -2.12. The highest BCUT2D eigenvalue weighted by Crippen LogP contribution is 2.37. The van der Waals surface area contributed by atoms with Gasteiger partial charge in [-0.2, -0.15) is 5.26 Å². The van der Waals surface area contributed by atoms with E-state index in [1.807, 2.05) is 12.1 Å². The molecule has 0 saturated heterocycles. The summed E-state index contributed by atoms with van der Waals surface area (Å²) in [4.78, 5) is 13.7. The number of rotatable bonds is 4. The molecule has 1 N–H and O–H groups in total. The normalized spacial score (nSPS) is 13.8. The number of hydrogen-bond donors (Lipinski definition) is 1. The largest absolute Gasteiger partial charge is 0.316 e. The second-order valence-electron chi connectivity index (χ2n) is 7.00. The van der Waals surface area contributed by atoms with E-state index in [1.165, 1.54) is 28.8 Å². The number of amides is 1. The molecule has 0 atom stereocenters. The van der Waals surface area contributed by atoms with E-state index in [-0.39, 0.29) is 5.91 Å². The van der Waals surface area contributed by atoms with Crippen LogP contribution < -0.4 is 5.32 Å². The predicted molar refractivity (Wildman–Crippen MR) is 103 cm³/mol. The number of carbonyl (C=O) groups is 1. The lowest BCUT2D eigenvalue weighted by Gasteiger charge is -2.07. The Bertz CT molecular complexity index is 797. The fourth-order valence-corrected chi connectivity index (χ4v) is 4.58. The van der Waals surface area contributed by atoms with Gasteiger partial charge in [0.25, 0.3) is 0 Å². The molecule has 1 aliphatic carbocycles. The molecule has 0 unspecified atom stereocenters. The Morgan fingerprint density at radius 1 is 1.20 bits per heavy atom. The Labute approximate surface area is 153 Å². The third-order valence-electron chi connectivity index (χ3n) is 4.80. The first kappa shape index (κ1) is 17.7. The molecule has 0 spiro atoms. The van der Waals surface area contributed by atoms with Crippen molar-refractivity contribution in [3.8, 4) is 6.07 Å². The van der Waals surface area contributed by atoms with Crippen molar-refractivity contribution in [3.63, 3.8) is 0 Å². The second-order valence-corrected chi connectivity index (χ2v) is 8.11. The Morgan fingerprint density at radius 2 is 1.92 bits per heavy atom. The fraction of sp³-hybridized carbons (Fsp3) is 0.429. The van der Waals surface area contributed by atoms with E-state index in [2.05, 4.69) is 37.4 Å². The van der Waals surface area contributed by atoms with Crippen LogP contribution in [0, 0.1) is 11.3 Å². The van der Waals surface area contributed by atoms with E-state index in [0.717, 1.165) is 29.8 Å². The van der Waals surface area contributed by atoms with Crippen LogP contribution in [0.25, 0.3) is 0 Å². The van der Waals surface area contributed by atoms with Crippen molar-refractivity contribution in [1.29, 1.82) is 5.26 Å². The maximum atomic E-state index is 12.4. The van der Waals surface area contributed by atoms with E-state index in [0.29, 0.717) is 17.9 Å². The second kappa shape index (κ2) is 7.84. The van der Waals surface area contributed by atoms with Gasteiger partial charge in [-0.1, -0.05) is 44.5 Å². The molecule has 25 heavy (non-hydrogen) atoms. The Morgan fingerprint density at radius 3 is 2.60 bits per heavy atom. The average Bonchev–Trinajstić information content (AvgIpc) is 2.75. The summed E-state index contributed by atoms with van der Waals surface area (Å²) in [5.74, 6) is 0.438. The zero-order valence-corrected chi connectivity index (χ0v) is 15.7. The van der Waals surface area contributed by atoms with Crippen LogP contribution in [0.2, 0.25) is 0 Å². The van der Waals surface area contributed by atoms with Crippen LogP contribution in [0.5, 0.6) is 0 Å². The number of fused-ring (bicyclic) bond motifs is 1. The molecule has 0 fully saturated rings. The number of hydrogen-bond acceptors (Lipinski definition) is 3. The number of nitrogens with zero attached hydrogens (tertiary/aromatic N) is 1. The minimum Gasteiger partial charge on any atom is -0.316 e. The highest BCUT2D eigenvalue weighted by Gasteiger charge is 2.21. The van der Waals surface area contributed by atoms with Gasteiger partial charge in [0, 0.05) is 4.88 Å². The summed E-state index contributed by atoms with van der Waals surface area (Å²) in [6, 6.07) is 10.5. The lowest BCUT2D eigenvalue weighted by Crippen LogP contribution is -2.14. The molecule has 2 aromatic rings. The molecular weight excluding hydrogens is 328 g/mol. The molecular formula is C21H24N2OS. The van der Waals surface area contributed by atoms with Gasteiger partial charge in [-0.3, -0.25) is 4.79 Å². The van der Waals surface area contributed by atoms with Gasteiger partial charge in [-0.25, -0.2) is 0 Å². The first-order valence-corrected chi connectivity index (χ1v) is 9.83. The molecule has 1 aliphatic rings. The van der Waals surface area contributed by atoms with E-state index in [1.54, 1.807) is 11.3 Å². The SMILES string of the molecule is CC(C)c1ccc(CC(=O)Nc2sc3c(c2C#N)CCCCC3)cc1. The standard InChI is InChI=1S/C21H24N2OS/c1-14(2)16-10-8-15(9-11-16)12-20(24)23-21-18(13-22)17-6-4-3-5-7-19(17)25-21/h8-11,14H,3-7,12H2,1-2H3,(H,23,24). The number of anilines is 1. The summed E-state index contributed by atoms with van der Waals surface area (Å²) < 4.78 is 0. The summed E-state index contributed by atoms with van der Waals surface area (Å²) in [7, 11) is 0. The predicted octanol–water partition coefficient (Wildman–Crippen LogP) is 5.19. The molecule has 130 valence electrons. The summed E-state index contributed by atoms with van der Waals surface area (Å²) in [6.45, 7) is 4.32. The molecule has 4 heteroatoms. The number of nitriles is 1.